The van der Waals surface area contributed by atoms with Crippen molar-refractivity contribution in [2.45, 2.75) is 12.8 Å². The molecule has 0 atom stereocenters. The summed E-state index contributed by atoms with van der Waals surface area (Å²) >= 11 is 5.38. The normalized spacial score (nSPS) is 16.3. The van der Waals surface area contributed by atoms with Gasteiger partial charge in [0.15, 0.2) is 0 Å². The molecule has 0 unspecified atom stereocenters. The van der Waals surface area contributed by atoms with Crippen LogP contribution in [0.25, 0.3) is 0 Å². The van der Waals surface area contributed by atoms with Crippen LogP contribution in [0, 0.1) is 0 Å². The highest BCUT2D eigenvalue weighted by Crippen LogP contribution is 1.97. The number of nitrogens with one attached hydrogen (secondary N) is 2. The highest BCUT2D eigenvalue weighted by molar-refractivity contribution is 6.19. The van der Waals surface area contributed by atoms with Crippen molar-refractivity contribution < 1.29 is 14.3 Å². The molecule has 18 heavy (non-hydrogen) atoms. The lowest BCUT2D eigenvalue weighted by Gasteiger charge is -2.26. The number of imide groups is 1. The van der Waals surface area contributed by atoms with Crippen LogP contribution in [0.1, 0.15) is 12.8 Å². The molecule has 1 saturated heterocycles. The zero-order chi connectivity index (χ0) is 13.2. The van der Waals surface area contributed by atoms with Crippen molar-refractivity contribution in [2.24, 2.45) is 0 Å². The third-order valence-electron chi connectivity index (χ3n) is 2.61. The molecule has 6 nitrogen and oxygen atoms in total. The van der Waals surface area contributed by atoms with E-state index in [0.717, 1.165) is 39.3 Å². The largest absolute Gasteiger partial charge is 0.379 e. The summed E-state index contributed by atoms with van der Waals surface area (Å²) in [6.07, 6.45) is 1.01. The first kappa shape index (κ1) is 15.2. The van der Waals surface area contributed by atoms with Crippen LogP contribution in [0.2, 0.25) is 0 Å². The summed E-state index contributed by atoms with van der Waals surface area (Å²) in [6, 6.07) is -0.452. The Balaban J connectivity index is 1.99. The average molecular weight is 278 g/mol. The number of amides is 3. The van der Waals surface area contributed by atoms with Gasteiger partial charge in [0, 0.05) is 31.9 Å². The van der Waals surface area contributed by atoms with Gasteiger partial charge >= 0.3 is 6.03 Å². The van der Waals surface area contributed by atoms with Crippen LogP contribution in [0.15, 0.2) is 0 Å². The molecular formula is C11H20ClN3O3. The lowest BCUT2D eigenvalue weighted by molar-refractivity contribution is -0.119. The molecule has 1 rings (SSSR count). The van der Waals surface area contributed by atoms with Crippen LogP contribution < -0.4 is 10.6 Å². The Hall–Kier alpha value is -0.850. The Labute approximate surface area is 112 Å². The van der Waals surface area contributed by atoms with Crippen LogP contribution in [0.5, 0.6) is 0 Å². The molecule has 0 radical (unpaired) electrons. The maximum Gasteiger partial charge on any atom is 0.321 e. The molecule has 0 spiro atoms. The maximum atomic E-state index is 11.3. The summed E-state index contributed by atoms with van der Waals surface area (Å²) in [7, 11) is 0. The molecule has 1 aliphatic rings. The molecule has 1 fully saturated rings. The fraction of sp³-hybridized carbons (Fsp3) is 0.818. The number of halogens is 1. The minimum atomic E-state index is -0.452. The third kappa shape index (κ3) is 6.78. The number of carbonyl (C=O) groups excluding carboxylic acids is 2. The predicted molar refractivity (Wildman–Crippen MR) is 68.8 cm³/mol. The highest BCUT2D eigenvalue weighted by atomic mass is 35.5. The van der Waals surface area contributed by atoms with Crippen molar-refractivity contribution in [1.82, 2.24) is 15.5 Å². The molecule has 0 aliphatic carbocycles. The Morgan fingerprint density at radius 1 is 1.28 bits per heavy atom. The Kier molecular flexibility index (Phi) is 7.71. The van der Waals surface area contributed by atoms with Crippen molar-refractivity contribution in [2.75, 3.05) is 45.3 Å². The second-order valence-corrected chi connectivity index (χ2v) is 4.43. The molecule has 3 amide bonds. The number of carbonyl (C=O) groups is 2. The van der Waals surface area contributed by atoms with Gasteiger partial charge in [-0.2, -0.15) is 0 Å². The van der Waals surface area contributed by atoms with Gasteiger partial charge in [-0.3, -0.25) is 15.0 Å². The van der Waals surface area contributed by atoms with E-state index in [1.54, 1.807) is 0 Å². The summed E-state index contributed by atoms with van der Waals surface area (Å²) in [5.74, 6) is -0.133. The maximum absolute atomic E-state index is 11.3. The number of nitrogens with zero attached hydrogens (tertiary/aromatic N) is 1. The van der Waals surface area contributed by atoms with E-state index < -0.39 is 6.03 Å². The number of morpholine rings is 1. The van der Waals surface area contributed by atoms with Gasteiger partial charge in [-0.25, -0.2) is 4.79 Å². The van der Waals surface area contributed by atoms with Crippen molar-refractivity contribution in [3.05, 3.63) is 0 Å². The second-order valence-electron chi connectivity index (χ2n) is 4.05. The van der Waals surface area contributed by atoms with E-state index in [9.17, 15) is 9.59 Å². The standard InChI is InChI=1S/C11H20ClN3O3/c12-3-2-10(16)14-11(17)13-4-1-5-15-6-8-18-9-7-15/h1-9H2,(H2,13,14,16,17). The zero-order valence-corrected chi connectivity index (χ0v) is 11.2. The predicted octanol–water partition coefficient (Wildman–Crippen LogP) is 0.163. The van der Waals surface area contributed by atoms with Crippen molar-refractivity contribution in [1.29, 1.82) is 0 Å². The van der Waals surface area contributed by atoms with Crippen LogP contribution in [-0.2, 0) is 9.53 Å². The third-order valence-corrected chi connectivity index (χ3v) is 2.80. The number of hydrogen-bond donors (Lipinski definition) is 2. The number of hydrogen-bond acceptors (Lipinski definition) is 4. The summed E-state index contributed by atoms with van der Waals surface area (Å²) in [6.45, 7) is 4.93. The molecule has 0 aromatic heterocycles. The van der Waals surface area contributed by atoms with Gasteiger partial charge in [0.05, 0.1) is 13.2 Å². The van der Waals surface area contributed by atoms with E-state index in [1.165, 1.54) is 0 Å². The van der Waals surface area contributed by atoms with E-state index in [4.69, 9.17) is 16.3 Å². The van der Waals surface area contributed by atoms with E-state index in [1.807, 2.05) is 0 Å². The highest BCUT2D eigenvalue weighted by Gasteiger charge is 2.10. The molecule has 7 heteroatoms. The first-order chi connectivity index (χ1) is 8.72. The van der Waals surface area contributed by atoms with Crippen molar-refractivity contribution in [3.8, 4) is 0 Å². The Bertz CT molecular complexity index is 270. The smallest absolute Gasteiger partial charge is 0.321 e. The quantitative estimate of drug-likeness (QED) is 0.536. The zero-order valence-electron chi connectivity index (χ0n) is 10.4. The van der Waals surface area contributed by atoms with Crippen molar-refractivity contribution >= 4 is 23.5 Å². The summed E-state index contributed by atoms with van der Waals surface area (Å²) < 4.78 is 5.24. The first-order valence-electron chi connectivity index (χ1n) is 6.16. The first-order valence-corrected chi connectivity index (χ1v) is 6.69. The molecule has 0 bridgehead atoms. The Morgan fingerprint density at radius 2 is 2.00 bits per heavy atom. The molecule has 2 N–H and O–H groups in total. The van der Waals surface area contributed by atoms with Crippen LogP contribution in [0.3, 0.4) is 0 Å². The minimum absolute atomic E-state index is 0.156. The monoisotopic (exact) mass is 277 g/mol. The van der Waals surface area contributed by atoms with Gasteiger partial charge in [-0.1, -0.05) is 0 Å². The van der Waals surface area contributed by atoms with Crippen LogP contribution in [0.4, 0.5) is 4.79 Å². The van der Waals surface area contributed by atoms with Gasteiger partial charge in [-0.05, 0) is 13.0 Å². The molecule has 0 aromatic carbocycles. The number of ether oxygens (including phenoxy) is 1. The summed E-state index contributed by atoms with van der Waals surface area (Å²) in [4.78, 5) is 24.6. The average Bonchev–Trinajstić information content (AvgIpc) is 2.36. The van der Waals surface area contributed by atoms with E-state index in [0.29, 0.717) is 6.54 Å². The number of rotatable bonds is 6. The molecule has 0 aromatic rings. The molecule has 104 valence electrons. The van der Waals surface area contributed by atoms with Gasteiger partial charge in [0.2, 0.25) is 5.91 Å². The fourth-order valence-corrected chi connectivity index (χ4v) is 1.82. The van der Waals surface area contributed by atoms with Crippen LogP contribution in [-0.4, -0.2) is 62.1 Å². The topological polar surface area (TPSA) is 70.7 Å². The van der Waals surface area contributed by atoms with E-state index in [-0.39, 0.29) is 18.2 Å². The summed E-state index contributed by atoms with van der Waals surface area (Å²) in [5.41, 5.74) is 0. The number of urea groups is 1. The second kappa shape index (κ2) is 9.13. The number of alkyl halides is 1. The molecule has 0 saturated carbocycles. The molecule has 1 heterocycles. The lowest BCUT2D eigenvalue weighted by atomic mass is 10.3. The van der Waals surface area contributed by atoms with Gasteiger partial charge < -0.3 is 10.1 Å². The van der Waals surface area contributed by atoms with E-state index in [2.05, 4.69) is 15.5 Å². The lowest BCUT2D eigenvalue weighted by Crippen LogP contribution is -2.41. The minimum Gasteiger partial charge on any atom is -0.379 e. The molecular weight excluding hydrogens is 258 g/mol. The van der Waals surface area contributed by atoms with Gasteiger partial charge in [0.1, 0.15) is 0 Å². The van der Waals surface area contributed by atoms with Crippen LogP contribution >= 0.6 is 11.6 Å². The van der Waals surface area contributed by atoms with Gasteiger partial charge in [-0.15, -0.1) is 11.6 Å². The Morgan fingerprint density at radius 3 is 2.67 bits per heavy atom. The fourth-order valence-electron chi connectivity index (χ4n) is 1.65. The van der Waals surface area contributed by atoms with Gasteiger partial charge in [0.25, 0.3) is 0 Å². The van der Waals surface area contributed by atoms with Crippen molar-refractivity contribution in [3.63, 3.8) is 0 Å². The summed E-state index contributed by atoms with van der Waals surface area (Å²) in [5, 5.41) is 4.85. The molecule has 1 aliphatic heterocycles. The van der Waals surface area contributed by atoms with E-state index >= 15 is 0 Å². The SMILES string of the molecule is O=C(CCCl)NC(=O)NCCCN1CCOCC1.